The molecule has 20 heavy (non-hydrogen) atoms. The van der Waals surface area contributed by atoms with Gasteiger partial charge in [0.1, 0.15) is 0 Å². The lowest BCUT2D eigenvalue weighted by Gasteiger charge is -2.37. The lowest BCUT2D eigenvalue weighted by Crippen LogP contribution is -2.28. The fourth-order valence-corrected chi connectivity index (χ4v) is 3.40. The van der Waals surface area contributed by atoms with E-state index in [2.05, 4.69) is 57.3 Å². The maximum absolute atomic E-state index is 3.64. The van der Waals surface area contributed by atoms with Crippen molar-refractivity contribution in [3.8, 4) is 0 Å². The zero-order chi connectivity index (χ0) is 14.6. The fraction of sp³-hybridized carbons (Fsp3) is 0.684. The number of aryl methyl sites for hydroxylation is 1. The van der Waals surface area contributed by atoms with Crippen LogP contribution in [0, 0.1) is 17.3 Å². The van der Waals surface area contributed by atoms with E-state index < -0.39 is 0 Å². The third-order valence-corrected chi connectivity index (χ3v) is 5.00. The summed E-state index contributed by atoms with van der Waals surface area (Å²) in [7, 11) is 0. The van der Waals surface area contributed by atoms with Crippen LogP contribution in [0.1, 0.15) is 58.9 Å². The molecule has 0 aromatic heterocycles. The molecule has 1 aromatic carbocycles. The van der Waals surface area contributed by atoms with E-state index in [4.69, 9.17) is 0 Å². The molecule has 1 aromatic rings. The second kappa shape index (κ2) is 6.65. The molecule has 0 unspecified atom stereocenters. The van der Waals surface area contributed by atoms with E-state index in [1.54, 1.807) is 0 Å². The minimum absolute atomic E-state index is 0.494. The van der Waals surface area contributed by atoms with Crippen LogP contribution < -0.4 is 5.32 Å². The molecule has 0 bridgehead atoms. The topological polar surface area (TPSA) is 12.0 Å². The van der Waals surface area contributed by atoms with Crippen molar-refractivity contribution in [2.45, 2.75) is 59.8 Å². The van der Waals surface area contributed by atoms with Crippen molar-refractivity contribution in [2.24, 2.45) is 17.3 Å². The predicted molar refractivity (Wildman–Crippen MR) is 89.2 cm³/mol. The van der Waals surface area contributed by atoms with E-state index in [-0.39, 0.29) is 0 Å². The second-order valence-corrected chi connectivity index (χ2v) is 7.52. The lowest BCUT2D eigenvalue weighted by molar-refractivity contribution is 0.153. The van der Waals surface area contributed by atoms with Gasteiger partial charge in [0.05, 0.1) is 0 Å². The smallest absolute Gasteiger partial charge is 0.0342 e. The van der Waals surface area contributed by atoms with Crippen molar-refractivity contribution in [3.05, 3.63) is 29.8 Å². The van der Waals surface area contributed by atoms with Crippen LogP contribution in [0.5, 0.6) is 0 Å². The highest BCUT2D eigenvalue weighted by molar-refractivity contribution is 5.45. The first kappa shape index (κ1) is 15.4. The molecule has 0 atom stereocenters. The minimum atomic E-state index is 0.494. The number of anilines is 1. The SMILES string of the molecule is CCc1cccc(NCC2CCC(C(C)(C)C)CC2)c1. The third-order valence-electron chi connectivity index (χ3n) is 5.00. The molecule has 2 rings (SSSR count). The van der Waals surface area contributed by atoms with Crippen LogP contribution in [0.4, 0.5) is 5.69 Å². The van der Waals surface area contributed by atoms with Gasteiger partial charge in [-0.2, -0.15) is 0 Å². The molecule has 1 aliphatic rings. The van der Waals surface area contributed by atoms with Gasteiger partial charge in [0, 0.05) is 12.2 Å². The molecule has 112 valence electrons. The van der Waals surface area contributed by atoms with E-state index in [0.717, 1.165) is 24.8 Å². The molecule has 0 saturated heterocycles. The second-order valence-electron chi connectivity index (χ2n) is 7.52. The van der Waals surface area contributed by atoms with Crippen molar-refractivity contribution >= 4 is 5.69 Å². The van der Waals surface area contributed by atoms with Crippen molar-refractivity contribution in [2.75, 3.05) is 11.9 Å². The molecule has 1 nitrogen and oxygen atoms in total. The summed E-state index contributed by atoms with van der Waals surface area (Å²) in [6.45, 7) is 10.5. The molecular formula is C19H31N. The molecule has 0 amide bonds. The molecule has 1 aliphatic carbocycles. The van der Waals surface area contributed by atoms with E-state index in [0.29, 0.717) is 5.41 Å². The summed E-state index contributed by atoms with van der Waals surface area (Å²) in [6, 6.07) is 8.86. The van der Waals surface area contributed by atoms with E-state index in [9.17, 15) is 0 Å². The van der Waals surface area contributed by atoms with Gasteiger partial charge in [0.15, 0.2) is 0 Å². The lowest BCUT2D eigenvalue weighted by atomic mass is 9.70. The zero-order valence-electron chi connectivity index (χ0n) is 13.7. The maximum atomic E-state index is 3.64. The Bertz CT molecular complexity index is 408. The largest absolute Gasteiger partial charge is 0.385 e. The van der Waals surface area contributed by atoms with Crippen LogP contribution in [-0.4, -0.2) is 6.54 Å². The molecule has 0 heterocycles. The van der Waals surface area contributed by atoms with Gasteiger partial charge >= 0.3 is 0 Å². The Balaban J connectivity index is 1.78. The van der Waals surface area contributed by atoms with E-state index in [1.807, 2.05) is 0 Å². The Labute approximate surface area is 125 Å². The van der Waals surface area contributed by atoms with Crippen LogP contribution in [0.15, 0.2) is 24.3 Å². The zero-order valence-corrected chi connectivity index (χ0v) is 13.7. The highest BCUT2D eigenvalue weighted by atomic mass is 14.9. The first-order chi connectivity index (χ1) is 9.49. The van der Waals surface area contributed by atoms with Gasteiger partial charge in [-0.15, -0.1) is 0 Å². The Kier molecular flexibility index (Phi) is 5.12. The fourth-order valence-electron chi connectivity index (χ4n) is 3.40. The van der Waals surface area contributed by atoms with Gasteiger partial charge in [0.2, 0.25) is 0 Å². The molecular weight excluding hydrogens is 242 g/mol. The number of benzene rings is 1. The van der Waals surface area contributed by atoms with Crippen LogP contribution in [-0.2, 0) is 6.42 Å². The number of rotatable bonds is 4. The predicted octanol–water partition coefficient (Wildman–Crippen LogP) is 5.51. The summed E-state index contributed by atoms with van der Waals surface area (Å²) in [5.41, 5.74) is 3.21. The van der Waals surface area contributed by atoms with Crippen LogP contribution in [0.25, 0.3) is 0 Å². The minimum Gasteiger partial charge on any atom is -0.385 e. The molecule has 0 radical (unpaired) electrons. The summed E-state index contributed by atoms with van der Waals surface area (Å²) >= 11 is 0. The Morgan fingerprint density at radius 3 is 2.40 bits per heavy atom. The average molecular weight is 273 g/mol. The first-order valence-electron chi connectivity index (χ1n) is 8.32. The summed E-state index contributed by atoms with van der Waals surface area (Å²) in [5, 5.41) is 3.64. The molecule has 1 heteroatoms. The molecule has 1 fully saturated rings. The van der Waals surface area contributed by atoms with Gasteiger partial charge in [-0.05, 0) is 67.1 Å². The van der Waals surface area contributed by atoms with Crippen LogP contribution in [0.2, 0.25) is 0 Å². The highest BCUT2D eigenvalue weighted by Gasteiger charge is 2.29. The van der Waals surface area contributed by atoms with Crippen LogP contribution >= 0.6 is 0 Å². The summed E-state index contributed by atoms with van der Waals surface area (Å²) < 4.78 is 0. The van der Waals surface area contributed by atoms with Crippen molar-refractivity contribution in [3.63, 3.8) is 0 Å². The summed E-state index contributed by atoms with van der Waals surface area (Å²) in [4.78, 5) is 0. The molecule has 1 saturated carbocycles. The van der Waals surface area contributed by atoms with Gasteiger partial charge < -0.3 is 5.32 Å². The third kappa shape index (κ3) is 4.26. The Morgan fingerprint density at radius 1 is 1.10 bits per heavy atom. The first-order valence-corrected chi connectivity index (χ1v) is 8.32. The quantitative estimate of drug-likeness (QED) is 0.762. The maximum Gasteiger partial charge on any atom is 0.0342 e. The van der Waals surface area contributed by atoms with Gasteiger partial charge in [0.25, 0.3) is 0 Å². The van der Waals surface area contributed by atoms with Crippen molar-refractivity contribution in [1.82, 2.24) is 0 Å². The number of nitrogens with one attached hydrogen (secondary N) is 1. The summed E-state index contributed by atoms with van der Waals surface area (Å²) in [5.74, 6) is 1.78. The Hall–Kier alpha value is -0.980. The standard InChI is InChI=1S/C19H31N/c1-5-15-7-6-8-18(13-15)20-14-16-9-11-17(12-10-16)19(2,3)4/h6-8,13,16-17,20H,5,9-12,14H2,1-4H3. The molecule has 1 N–H and O–H groups in total. The normalized spacial score (nSPS) is 23.6. The van der Waals surface area contributed by atoms with Gasteiger partial charge in [-0.1, -0.05) is 39.8 Å². The van der Waals surface area contributed by atoms with E-state index >= 15 is 0 Å². The van der Waals surface area contributed by atoms with E-state index in [1.165, 1.54) is 36.9 Å². The number of hydrogen-bond acceptors (Lipinski definition) is 1. The summed E-state index contributed by atoms with van der Waals surface area (Å²) in [6.07, 6.45) is 6.71. The van der Waals surface area contributed by atoms with Gasteiger partial charge in [-0.25, -0.2) is 0 Å². The van der Waals surface area contributed by atoms with Crippen molar-refractivity contribution < 1.29 is 0 Å². The van der Waals surface area contributed by atoms with Crippen molar-refractivity contribution in [1.29, 1.82) is 0 Å². The van der Waals surface area contributed by atoms with Crippen LogP contribution in [0.3, 0.4) is 0 Å². The monoisotopic (exact) mass is 273 g/mol. The highest BCUT2D eigenvalue weighted by Crippen LogP contribution is 2.39. The molecule has 0 spiro atoms. The number of hydrogen-bond donors (Lipinski definition) is 1. The Morgan fingerprint density at radius 2 is 1.80 bits per heavy atom. The van der Waals surface area contributed by atoms with Gasteiger partial charge in [-0.3, -0.25) is 0 Å². The molecule has 0 aliphatic heterocycles. The average Bonchev–Trinajstić information content (AvgIpc) is 2.45.